The third-order valence-electron chi connectivity index (χ3n) is 4.88. The number of likely N-dealkylation sites (tertiary alicyclic amines) is 1. The van der Waals surface area contributed by atoms with Gasteiger partial charge in [-0.05, 0) is 61.4 Å². The zero-order valence-corrected chi connectivity index (χ0v) is 17.1. The highest BCUT2D eigenvalue weighted by Crippen LogP contribution is 2.20. The summed E-state index contributed by atoms with van der Waals surface area (Å²) in [4.78, 5) is 27.5. The third kappa shape index (κ3) is 6.78. The van der Waals surface area contributed by atoms with Crippen LogP contribution >= 0.6 is 11.8 Å². The molecule has 0 unspecified atom stereocenters. The summed E-state index contributed by atoms with van der Waals surface area (Å²) in [6.07, 6.45) is 2.21. The zero-order chi connectivity index (χ0) is 20.5. The molecule has 1 saturated heterocycles. The van der Waals surface area contributed by atoms with E-state index in [1.807, 2.05) is 30.3 Å². The number of anilines is 1. The minimum atomic E-state index is -0.231. The first-order chi connectivity index (χ1) is 14.1. The maximum absolute atomic E-state index is 12.9. The monoisotopic (exact) mass is 415 g/mol. The molecule has 3 rings (SSSR count). The molecule has 0 aliphatic carbocycles. The predicted molar refractivity (Wildman–Crippen MR) is 115 cm³/mol. The molecule has 0 bridgehead atoms. The maximum Gasteiger partial charge on any atom is 0.321 e. The first kappa shape index (κ1) is 21.2. The molecule has 1 aliphatic heterocycles. The van der Waals surface area contributed by atoms with Crippen molar-refractivity contribution in [2.45, 2.75) is 24.2 Å². The number of thioether (sulfide) groups is 1. The highest BCUT2D eigenvalue weighted by molar-refractivity contribution is 7.99. The fourth-order valence-electron chi connectivity index (χ4n) is 3.22. The zero-order valence-electron chi connectivity index (χ0n) is 16.3. The molecule has 5 nitrogen and oxygen atoms in total. The van der Waals surface area contributed by atoms with Crippen molar-refractivity contribution in [2.24, 2.45) is 5.92 Å². The molecule has 2 N–H and O–H groups in total. The van der Waals surface area contributed by atoms with Gasteiger partial charge in [0.1, 0.15) is 5.82 Å². The lowest BCUT2D eigenvalue weighted by Crippen LogP contribution is -2.44. The van der Waals surface area contributed by atoms with E-state index in [1.165, 1.54) is 12.1 Å². The molecule has 1 fully saturated rings. The molecule has 0 aromatic heterocycles. The van der Waals surface area contributed by atoms with Crippen LogP contribution in [0.4, 0.5) is 14.9 Å². The smallest absolute Gasteiger partial charge is 0.321 e. The summed E-state index contributed by atoms with van der Waals surface area (Å²) < 4.78 is 12.9. The Kier molecular flexibility index (Phi) is 7.93. The maximum atomic E-state index is 12.9. The van der Waals surface area contributed by atoms with Crippen LogP contribution in [0.5, 0.6) is 0 Å². The van der Waals surface area contributed by atoms with Gasteiger partial charge in [-0.2, -0.15) is 0 Å². The van der Waals surface area contributed by atoms with Crippen LogP contribution in [-0.2, 0) is 4.79 Å². The Labute approximate surface area is 175 Å². The standard InChI is InChI=1S/C22H26FN3O2S/c23-18-7-9-20(10-8-18)29-16-4-13-24-21(27)17-11-14-26(15-12-17)22(28)25-19-5-2-1-3-6-19/h1-3,5-10,17H,4,11-16H2,(H,24,27)(H,25,28). The first-order valence-electron chi connectivity index (χ1n) is 9.89. The van der Waals surface area contributed by atoms with Crippen molar-refractivity contribution in [1.29, 1.82) is 0 Å². The van der Waals surface area contributed by atoms with Crippen molar-refractivity contribution in [1.82, 2.24) is 10.2 Å². The number of benzene rings is 2. The molecule has 29 heavy (non-hydrogen) atoms. The summed E-state index contributed by atoms with van der Waals surface area (Å²) in [7, 11) is 0. The van der Waals surface area contributed by atoms with Crippen LogP contribution in [0.15, 0.2) is 59.5 Å². The second-order valence-electron chi connectivity index (χ2n) is 7.00. The van der Waals surface area contributed by atoms with Gasteiger partial charge in [-0.1, -0.05) is 18.2 Å². The lowest BCUT2D eigenvalue weighted by molar-refractivity contribution is -0.126. The Morgan fingerprint density at radius 2 is 1.72 bits per heavy atom. The Hall–Kier alpha value is -2.54. The number of hydrogen-bond donors (Lipinski definition) is 2. The highest BCUT2D eigenvalue weighted by atomic mass is 32.2. The van der Waals surface area contributed by atoms with E-state index in [0.29, 0.717) is 32.5 Å². The molecule has 2 aromatic carbocycles. The molecule has 1 aliphatic rings. The fourth-order valence-corrected chi connectivity index (χ4v) is 4.07. The SMILES string of the molecule is O=C(NCCCSc1ccc(F)cc1)C1CCN(C(=O)Nc2ccccc2)CC1. The molecule has 1 heterocycles. The van der Waals surface area contributed by atoms with E-state index < -0.39 is 0 Å². The van der Waals surface area contributed by atoms with Gasteiger partial charge < -0.3 is 15.5 Å². The van der Waals surface area contributed by atoms with E-state index in [9.17, 15) is 14.0 Å². The van der Waals surface area contributed by atoms with Crippen LogP contribution in [0.2, 0.25) is 0 Å². The van der Waals surface area contributed by atoms with Gasteiger partial charge in [0.15, 0.2) is 0 Å². The Balaban J connectivity index is 1.30. The molecule has 3 amide bonds. The molecule has 7 heteroatoms. The lowest BCUT2D eigenvalue weighted by atomic mass is 9.96. The number of urea groups is 1. The molecule has 0 spiro atoms. The average Bonchev–Trinajstić information content (AvgIpc) is 2.75. The Bertz CT molecular complexity index is 793. The second kappa shape index (κ2) is 10.9. The molecule has 0 atom stereocenters. The third-order valence-corrected chi connectivity index (χ3v) is 5.98. The molecular formula is C22H26FN3O2S. The van der Waals surface area contributed by atoms with Crippen LogP contribution in [0.1, 0.15) is 19.3 Å². The molecule has 2 aromatic rings. The summed E-state index contributed by atoms with van der Waals surface area (Å²) in [5.41, 5.74) is 0.774. The topological polar surface area (TPSA) is 61.4 Å². The highest BCUT2D eigenvalue weighted by Gasteiger charge is 2.27. The van der Waals surface area contributed by atoms with Crippen molar-refractivity contribution >= 4 is 29.4 Å². The molecule has 0 saturated carbocycles. The summed E-state index contributed by atoms with van der Waals surface area (Å²) >= 11 is 1.65. The number of para-hydroxylation sites is 1. The average molecular weight is 416 g/mol. The summed E-state index contributed by atoms with van der Waals surface area (Å²) in [6.45, 7) is 1.79. The number of carbonyl (C=O) groups is 2. The molecule has 154 valence electrons. The van der Waals surface area contributed by atoms with Crippen molar-refractivity contribution < 1.29 is 14.0 Å². The van der Waals surface area contributed by atoms with Crippen molar-refractivity contribution in [2.75, 3.05) is 30.7 Å². The van der Waals surface area contributed by atoms with E-state index in [1.54, 1.807) is 28.8 Å². The van der Waals surface area contributed by atoms with Gasteiger partial charge in [0.2, 0.25) is 5.91 Å². The minimum absolute atomic E-state index is 0.0412. The number of halogens is 1. The lowest BCUT2D eigenvalue weighted by Gasteiger charge is -2.31. The van der Waals surface area contributed by atoms with Crippen LogP contribution in [0.25, 0.3) is 0 Å². The number of nitrogens with one attached hydrogen (secondary N) is 2. The molecular weight excluding hydrogens is 389 g/mol. The van der Waals surface area contributed by atoms with E-state index >= 15 is 0 Å². The van der Waals surface area contributed by atoms with Crippen molar-refractivity contribution in [3.8, 4) is 0 Å². The number of piperidine rings is 1. The Morgan fingerprint density at radius 3 is 2.41 bits per heavy atom. The van der Waals surface area contributed by atoms with Gasteiger partial charge in [0.25, 0.3) is 0 Å². The minimum Gasteiger partial charge on any atom is -0.356 e. The van der Waals surface area contributed by atoms with E-state index in [4.69, 9.17) is 0 Å². The van der Waals surface area contributed by atoms with Crippen LogP contribution < -0.4 is 10.6 Å². The van der Waals surface area contributed by atoms with E-state index in [2.05, 4.69) is 10.6 Å². The normalized spacial score (nSPS) is 14.4. The number of hydrogen-bond acceptors (Lipinski definition) is 3. The summed E-state index contributed by atoms with van der Waals surface area (Å²) in [5, 5.41) is 5.88. The van der Waals surface area contributed by atoms with Gasteiger partial charge in [-0.15, -0.1) is 11.8 Å². The first-order valence-corrected chi connectivity index (χ1v) is 10.9. The van der Waals surface area contributed by atoms with E-state index in [0.717, 1.165) is 22.8 Å². The summed E-state index contributed by atoms with van der Waals surface area (Å²) in [6, 6.07) is 15.7. The van der Waals surface area contributed by atoms with Gasteiger partial charge in [0, 0.05) is 36.1 Å². The fraction of sp³-hybridized carbons (Fsp3) is 0.364. The van der Waals surface area contributed by atoms with Crippen LogP contribution in [0, 0.1) is 11.7 Å². The summed E-state index contributed by atoms with van der Waals surface area (Å²) in [5.74, 6) is 0.662. The predicted octanol–water partition coefficient (Wildman–Crippen LogP) is 4.37. The van der Waals surface area contributed by atoms with Crippen molar-refractivity contribution in [3.05, 3.63) is 60.4 Å². The quantitative estimate of drug-likeness (QED) is 0.522. The number of rotatable bonds is 7. The van der Waals surface area contributed by atoms with Gasteiger partial charge >= 0.3 is 6.03 Å². The van der Waals surface area contributed by atoms with Gasteiger partial charge in [0.05, 0.1) is 0 Å². The largest absolute Gasteiger partial charge is 0.356 e. The molecule has 0 radical (unpaired) electrons. The van der Waals surface area contributed by atoms with E-state index in [-0.39, 0.29) is 23.7 Å². The van der Waals surface area contributed by atoms with Gasteiger partial charge in [-0.25, -0.2) is 9.18 Å². The van der Waals surface area contributed by atoms with Crippen molar-refractivity contribution in [3.63, 3.8) is 0 Å². The number of nitrogens with zero attached hydrogens (tertiary/aromatic N) is 1. The Morgan fingerprint density at radius 1 is 1.03 bits per heavy atom. The van der Waals surface area contributed by atoms with Gasteiger partial charge in [-0.3, -0.25) is 4.79 Å². The van der Waals surface area contributed by atoms with Crippen LogP contribution in [-0.4, -0.2) is 42.2 Å². The second-order valence-corrected chi connectivity index (χ2v) is 8.17. The number of carbonyl (C=O) groups excluding carboxylic acids is 2. The number of amides is 3. The van der Waals surface area contributed by atoms with Crippen LogP contribution in [0.3, 0.4) is 0 Å².